The molecule has 4 rings (SSSR count). The molecule has 1 unspecified atom stereocenters. The fourth-order valence-electron chi connectivity index (χ4n) is 2.91. The maximum Gasteiger partial charge on any atom is 0.123 e. The Labute approximate surface area is 116 Å². The summed E-state index contributed by atoms with van der Waals surface area (Å²) in [6.45, 7) is 0.782. The number of hydrogen-bond donors (Lipinski definition) is 0. The summed E-state index contributed by atoms with van der Waals surface area (Å²) in [6.07, 6.45) is 3.07. The summed E-state index contributed by atoms with van der Waals surface area (Å²) >= 11 is 0. The largest absolute Gasteiger partial charge is 0.488 e. The number of halogens is 1. The van der Waals surface area contributed by atoms with Gasteiger partial charge in [0.1, 0.15) is 17.7 Å². The summed E-state index contributed by atoms with van der Waals surface area (Å²) in [5, 5.41) is 0.931. The van der Waals surface area contributed by atoms with Crippen LogP contribution in [0.5, 0.6) is 5.75 Å². The van der Waals surface area contributed by atoms with Crippen LogP contribution in [0.15, 0.2) is 54.7 Å². The van der Waals surface area contributed by atoms with Crippen LogP contribution < -0.4 is 4.74 Å². The molecule has 0 N–H and O–H groups in total. The molecule has 2 aromatic carbocycles. The van der Waals surface area contributed by atoms with Crippen LogP contribution in [-0.2, 0) is 13.0 Å². The zero-order valence-electron chi connectivity index (χ0n) is 10.9. The van der Waals surface area contributed by atoms with Crippen molar-refractivity contribution < 1.29 is 9.13 Å². The Kier molecular flexibility index (Phi) is 2.52. The lowest BCUT2D eigenvalue weighted by Crippen LogP contribution is -2.20. The number of nitrogens with zero attached hydrogens (tertiary/aromatic N) is 1. The van der Waals surface area contributed by atoms with Crippen molar-refractivity contribution >= 4 is 10.9 Å². The Morgan fingerprint density at radius 2 is 2.05 bits per heavy atom. The van der Waals surface area contributed by atoms with Gasteiger partial charge in [-0.1, -0.05) is 18.2 Å². The maximum absolute atomic E-state index is 13.2. The summed E-state index contributed by atoms with van der Waals surface area (Å²) in [4.78, 5) is 0. The SMILES string of the molecule is Fc1ccc2c(ccn2CC2Cc3ccccc3O2)c1. The van der Waals surface area contributed by atoms with Crippen molar-refractivity contribution in [3.63, 3.8) is 0 Å². The fraction of sp³-hybridized carbons (Fsp3) is 0.176. The molecule has 0 spiro atoms. The average molecular weight is 267 g/mol. The van der Waals surface area contributed by atoms with Crippen molar-refractivity contribution in [3.8, 4) is 5.75 Å². The van der Waals surface area contributed by atoms with E-state index in [0.29, 0.717) is 0 Å². The van der Waals surface area contributed by atoms with E-state index in [0.717, 1.165) is 29.6 Å². The molecule has 0 amide bonds. The minimum Gasteiger partial charge on any atom is -0.488 e. The maximum atomic E-state index is 13.2. The second kappa shape index (κ2) is 4.37. The van der Waals surface area contributed by atoms with E-state index in [4.69, 9.17) is 4.74 Å². The van der Waals surface area contributed by atoms with Crippen molar-refractivity contribution in [2.75, 3.05) is 0 Å². The average Bonchev–Trinajstić information content (AvgIpc) is 3.02. The van der Waals surface area contributed by atoms with Crippen LogP contribution in [0.4, 0.5) is 4.39 Å². The summed E-state index contributed by atoms with van der Waals surface area (Å²) in [5.41, 5.74) is 2.31. The molecule has 0 saturated carbocycles. The molecule has 3 heteroatoms. The lowest BCUT2D eigenvalue weighted by Gasteiger charge is -2.12. The zero-order chi connectivity index (χ0) is 13.5. The molecule has 20 heavy (non-hydrogen) atoms. The molecular formula is C17H14FNO. The van der Waals surface area contributed by atoms with Gasteiger partial charge in [0.05, 0.1) is 6.54 Å². The highest BCUT2D eigenvalue weighted by Crippen LogP contribution is 2.29. The van der Waals surface area contributed by atoms with E-state index in [1.54, 1.807) is 6.07 Å². The normalized spacial score (nSPS) is 17.1. The number of benzene rings is 2. The Morgan fingerprint density at radius 1 is 1.15 bits per heavy atom. The van der Waals surface area contributed by atoms with E-state index in [1.807, 2.05) is 36.5 Å². The van der Waals surface area contributed by atoms with Crippen LogP contribution in [0, 0.1) is 5.82 Å². The smallest absolute Gasteiger partial charge is 0.123 e. The number of ether oxygens (including phenoxy) is 1. The molecule has 3 aromatic rings. The summed E-state index contributed by atoms with van der Waals surface area (Å²) in [6, 6.07) is 15.0. The van der Waals surface area contributed by atoms with E-state index in [2.05, 4.69) is 10.6 Å². The van der Waals surface area contributed by atoms with E-state index < -0.39 is 0 Å². The van der Waals surface area contributed by atoms with Gasteiger partial charge in [-0.2, -0.15) is 0 Å². The number of para-hydroxylation sites is 1. The Hall–Kier alpha value is -2.29. The number of hydrogen-bond acceptors (Lipinski definition) is 1. The quantitative estimate of drug-likeness (QED) is 0.689. The first-order valence-corrected chi connectivity index (χ1v) is 6.78. The van der Waals surface area contributed by atoms with Gasteiger partial charge < -0.3 is 9.30 Å². The highest BCUT2D eigenvalue weighted by Gasteiger charge is 2.22. The molecule has 0 fully saturated rings. The molecule has 1 aliphatic rings. The summed E-state index contributed by atoms with van der Waals surface area (Å²) < 4.78 is 21.3. The van der Waals surface area contributed by atoms with Gasteiger partial charge in [-0.15, -0.1) is 0 Å². The van der Waals surface area contributed by atoms with Gasteiger partial charge >= 0.3 is 0 Å². The highest BCUT2D eigenvalue weighted by molar-refractivity contribution is 5.80. The van der Waals surface area contributed by atoms with Crippen LogP contribution in [0.25, 0.3) is 10.9 Å². The molecule has 0 bridgehead atoms. The van der Waals surface area contributed by atoms with Gasteiger partial charge in [-0.25, -0.2) is 4.39 Å². The summed E-state index contributed by atoms with van der Waals surface area (Å²) in [7, 11) is 0. The van der Waals surface area contributed by atoms with Crippen LogP contribution in [0.2, 0.25) is 0 Å². The van der Waals surface area contributed by atoms with Gasteiger partial charge in [0.15, 0.2) is 0 Å². The predicted octanol–water partition coefficient (Wildman–Crippen LogP) is 3.78. The topological polar surface area (TPSA) is 14.2 Å². The summed E-state index contributed by atoms with van der Waals surface area (Å²) in [5.74, 6) is 0.791. The molecule has 1 aliphatic heterocycles. The van der Waals surface area contributed by atoms with Crippen LogP contribution >= 0.6 is 0 Å². The van der Waals surface area contributed by atoms with E-state index in [9.17, 15) is 4.39 Å². The lowest BCUT2D eigenvalue weighted by atomic mass is 10.1. The Bertz CT molecular complexity index is 753. The van der Waals surface area contributed by atoms with E-state index >= 15 is 0 Å². The zero-order valence-corrected chi connectivity index (χ0v) is 10.9. The Morgan fingerprint density at radius 3 is 2.95 bits per heavy atom. The standard InChI is InChI=1S/C17H14FNO/c18-14-5-6-16-12(9-14)7-8-19(16)11-15-10-13-3-1-2-4-17(13)20-15/h1-9,15H,10-11H2. The van der Waals surface area contributed by atoms with Crippen LogP contribution in [0.1, 0.15) is 5.56 Å². The third-order valence-corrected chi connectivity index (χ3v) is 3.85. The molecule has 1 aromatic heterocycles. The van der Waals surface area contributed by atoms with Crippen molar-refractivity contribution in [1.29, 1.82) is 0 Å². The minimum atomic E-state index is -0.195. The Balaban J connectivity index is 1.60. The fourth-order valence-corrected chi connectivity index (χ4v) is 2.91. The monoisotopic (exact) mass is 267 g/mol. The van der Waals surface area contributed by atoms with Crippen LogP contribution in [-0.4, -0.2) is 10.7 Å². The number of aromatic nitrogens is 1. The van der Waals surface area contributed by atoms with Gasteiger partial charge in [0.25, 0.3) is 0 Å². The predicted molar refractivity (Wildman–Crippen MR) is 76.5 cm³/mol. The van der Waals surface area contributed by atoms with Gasteiger partial charge in [0, 0.05) is 23.5 Å². The lowest BCUT2D eigenvalue weighted by molar-refractivity contribution is 0.211. The first-order chi connectivity index (χ1) is 9.79. The molecule has 2 heterocycles. The molecule has 0 radical (unpaired) electrons. The van der Waals surface area contributed by atoms with E-state index in [-0.39, 0.29) is 11.9 Å². The molecule has 1 atom stereocenters. The van der Waals surface area contributed by atoms with E-state index in [1.165, 1.54) is 11.6 Å². The minimum absolute atomic E-state index is 0.146. The second-order valence-electron chi connectivity index (χ2n) is 5.22. The third-order valence-electron chi connectivity index (χ3n) is 3.85. The second-order valence-corrected chi connectivity index (χ2v) is 5.22. The molecule has 0 aliphatic carbocycles. The van der Waals surface area contributed by atoms with Crippen molar-refractivity contribution in [1.82, 2.24) is 4.57 Å². The molecule has 2 nitrogen and oxygen atoms in total. The number of rotatable bonds is 2. The first-order valence-electron chi connectivity index (χ1n) is 6.78. The van der Waals surface area contributed by atoms with Gasteiger partial charge in [-0.3, -0.25) is 0 Å². The highest BCUT2D eigenvalue weighted by atomic mass is 19.1. The van der Waals surface area contributed by atoms with Crippen molar-refractivity contribution in [2.45, 2.75) is 19.1 Å². The van der Waals surface area contributed by atoms with Gasteiger partial charge in [0.2, 0.25) is 0 Å². The van der Waals surface area contributed by atoms with Crippen molar-refractivity contribution in [2.24, 2.45) is 0 Å². The molecule has 0 saturated heterocycles. The first kappa shape index (κ1) is 11.5. The van der Waals surface area contributed by atoms with Crippen LogP contribution in [0.3, 0.4) is 0 Å². The molecular weight excluding hydrogens is 253 g/mol. The third kappa shape index (κ3) is 1.86. The molecule has 100 valence electrons. The van der Waals surface area contributed by atoms with Gasteiger partial charge in [-0.05, 0) is 35.9 Å². The number of fused-ring (bicyclic) bond motifs is 2. The van der Waals surface area contributed by atoms with Crippen molar-refractivity contribution in [3.05, 3.63) is 66.1 Å².